The number of carbonyl (C=O) groups is 2. The summed E-state index contributed by atoms with van der Waals surface area (Å²) in [5, 5.41) is 23.7. The van der Waals surface area contributed by atoms with Crippen LogP contribution in [0.5, 0.6) is 0 Å². The van der Waals surface area contributed by atoms with Crippen molar-refractivity contribution in [3.63, 3.8) is 0 Å². The molecule has 352 valence electrons. The summed E-state index contributed by atoms with van der Waals surface area (Å²) in [5.41, 5.74) is 0. The molecule has 0 radical (unpaired) electrons. The first-order valence-corrected chi connectivity index (χ1v) is 25.7. The lowest BCUT2D eigenvalue weighted by molar-refractivity contribution is -0.151. The van der Waals surface area contributed by atoms with Crippen LogP contribution in [-0.4, -0.2) is 46.9 Å². The smallest absolute Gasteiger partial charge is 0.306 e. The van der Waals surface area contributed by atoms with E-state index >= 15 is 0 Å². The molecule has 0 rings (SSSR count). The van der Waals surface area contributed by atoms with E-state index in [4.69, 9.17) is 4.74 Å². The van der Waals surface area contributed by atoms with Gasteiger partial charge in [-0.1, -0.05) is 203 Å². The van der Waals surface area contributed by atoms with Crippen LogP contribution in [0.2, 0.25) is 0 Å². The number of hydrogen-bond donors (Lipinski definition) is 3. The van der Waals surface area contributed by atoms with Crippen molar-refractivity contribution in [2.75, 3.05) is 6.61 Å². The number of esters is 1. The largest absolute Gasteiger partial charge is 0.462 e. The fourth-order valence-electron chi connectivity index (χ4n) is 7.39. The summed E-state index contributed by atoms with van der Waals surface area (Å²) in [6.07, 6.45) is 61.0. The van der Waals surface area contributed by atoms with Gasteiger partial charge in [0, 0.05) is 6.42 Å². The van der Waals surface area contributed by atoms with Crippen molar-refractivity contribution in [3.8, 4) is 0 Å². The number of aliphatic hydroxyl groups excluding tert-OH is 2. The molecule has 0 saturated heterocycles. The average Bonchev–Trinajstić information content (AvgIpc) is 3.25. The highest BCUT2D eigenvalue weighted by Gasteiger charge is 2.24. The lowest BCUT2D eigenvalue weighted by Crippen LogP contribution is -2.46. The maximum Gasteiger partial charge on any atom is 0.306 e. The first kappa shape index (κ1) is 58.3. The van der Waals surface area contributed by atoms with E-state index in [1.54, 1.807) is 0 Å². The molecule has 0 aromatic carbocycles. The first-order valence-electron chi connectivity index (χ1n) is 25.7. The van der Waals surface area contributed by atoms with Gasteiger partial charge in [0.25, 0.3) is 0 Å². The molecule has 0 fully saturated rings. The van der Waals surface area contributed by atoms with Crippen molar-refractivity contribution in [2.45, 2.75) is 257 Å². The number of unbranched alkanes of at least 4 members (excludes halogenated alkanes) is 21. The van der Waals surface area contributed by atoms with Crippen molar-refractivity contribution < 1.29 is 24.5 Å². The van der Waals surface area contributed by atoms with E-state index in [9.17, 15) is 19.8 Å². The zero-order valence-electron chi connectivity index (χ0n) is 40.0. The molecule has 0 saturated carbocycles. The first-order chi connectivity index (χ1) is 30.0. The van der Waals surface area contributed by atoms with E-state index in [0.29, 0.717) is 19.3 Å². The molecule has 0 spiro atoms. The molecule has 3 atom stereocenters. The number of allylic oxidation sites excluding steroid dienone is 12. The minimum absolute atomic E-state index is 0.0507. The van der Waals surface area contributed by atoms with Crippen LogP contribution in [-0.2, 0) is 14.3 Å². The van der Waals surface area contributed by atoms with Gasteiger partial charge in [-0.25, -0.2) is 0 Å². The van der Waals surface area contributed by atoms with Crippen molar-refractivity contribution in [2.24, 2.45) is 0 Å². The van der Waals surface area contributed by atoms with Gasteiger partial charge in [0.2, 0.25) is 5.91 Å². The summed E-state index contributed by atoms with van der Waals surface area (Å²) < 4.78 is 5.90. The van der Waals surface area contributed by atoms with Crippen LogP contribution in [0.4, 0.5) is 0 Å². The maximum atomic E-state index is 13.2. The second-order valence-corrected chi connectivity index (χ2v) is 17.2. The fourth-order valence-corrected chi connectivity index (χ4v) is 7.39. The molecule has 3 N–H and O–H groups in total. The van der Waals surface area contributed by atoms with Gasteiger partial charge in [-0.2, -0.15) is 0 Å². The Bertz CT molecular complexity index is 1140. The molecule has 0 aliphatic carbocycles. The zero-order chi connectivity index (χ0) is 44.5. The summed E-state index contributed by atoms with van der Waals surface area (Å²) in [6.45, 7) is 6.32. The number of nitrogens with one attached hydrogen (secondary N) is 1. The number of amides is 1. The Hall–Kier alpha value is -2.70. The van der Waals surface area contributed by atoms with Crippen molar-refractivity contribution in [1.29, 1.82) is 0 Å². The monoisotopic (exact) mass is 852 g/mol. The molecule has 6 heteroatoms. The van der Waals surface area contributed by atoms with E-state index in [0.717, 1.165) is 109 Å². The predicted molar refractivity (Wildman–Crippen MR) is 264 cm³/mol. The molecule has 0 aliphatic heterocycles. The maximum absolute atomic E-state index is 13.2. The third-order valence-electron chi connectivity index (χ3n) is 11.3. The molecule has 0 aromatic rings. The van der Waals surface area contributed by atoms with E-state index in [1.165, 1.54) is 83.5 Å². The third-order valence-corrected chi connectivity index (χ3v) is 11.3. The molecule has 3 unspecified atom stereocenters. The zero-order valence-corrected chi connectivity index (χ0v) is 40.0. The Labute approximate surface area is 377 Å². The summed E-state index contributed by atoms with van der Waals surface area (Å²) in [5.74, 6) is -0.530. The fraction of sp³-hybridized carbons (Fsp3) is 0.745. The van der Waals surface area contributed by atoms with Crippen molar-refractivity contribution in [3.05, 3.63) is 72.9 Å². The second kappa shape index (κ2) is 48.3. The van der Waals surface area contributed by atoms with Gasteiger partial charge in [0.05, 0.1) is 25.2 Å². The molecule has 61 heavy (non-hydrogen) atoms. The van der Waals surface area contributed by atoms with Crippen LogP contribution < -0.4 is 5.32 Å². The normalized spacial score (nSPS) is 13.9. The molecular formula is C55H97NO5. The minimum atomic E-state index is -0.799. The predicted octanol–water partition coefficient (Wildman–Crippen LogP) is 15.4. The lowest BCUT2D eigenvalue weighted by atomic mass is 10.0. The molecular weight excluding hydrogens is 755 g/mol. The molecule has 0 aliphatic rings. The Morgan fingerprint density at radius 3 is 1.39 bits per heavy atom. The lowest BCUT2D eigenvalue weighted by Gasteiger charge is -2.24. The van der Waals surface area contributed by atoms with Crippen LogP contribution in [0.15, 0.2) is 72.9 Å². The SMILES string of the molecule is CC/C=C\C/C=C\C/C=C\C/C=C\C/C=C\CCCCCC(=O)OC(CCCCC/C=C\CCCCC)CC(=O)NC(CO)C(O)CCCCCCCCCCCCCCC. The Morgan fingerprint density at radius 2 is 0.885 bits per heavy atom. The highest BCUT2D eigenvalue weighted by Crippen LogP contribution is 2.17. The Balaban J connectivity index is 4.57. The summed E-state index contributed by atoms with van der Waals surface area (Å²) in [7, 11) is 0. The standard InChI is InChI=1S/C55H97NO5/c1-4-7-10-13-16-19-22-24-25-26-27-28-29-31-33-36-39-42-45-48-55(60)61-51(46-43-40-37-34-21-18-15-12-9-6-3)49-54(59)56-52(50-57)53(58)47-44-41-38-35-32-30-23-20-17-14-11-8-5-2/h7,10,16,18-19,21,24-25,27-28,31,33,51-53,57-58H,4-6,8-9,11-15,17,20,22-23,26,29-30,32,34-50H2,1-3H3,(H,56,59)/b10-7-,19-16-,21-18-,25-24-,28-27-,33-31-. The molecule has 0 bridgehead atoms. The van der Waals surface area contributed by atoms with E-state index in [-0.39, 0.29) is 24.9 Å². The summed E-state index contributed by atoms with van der Waals surface area (Å²) in [4.78, 5) is 26.1. The highest BCUT2D eigenvalue weighted by atomic mass is 16.5. The van der Waals surface area contributed by atoms with E-state index < -0.39 is 18.2 Å². The van der Waals surface area contributed by atoms with Gasteiger partial charge < -0.3 is 20.3 Å². The van der Waals surface area contributed by atoms with Crippen LogP contribution in [0, 0.1) is 0 Å². The number of hydrogen-bond acceptors (Lipinski definition) is 5. The highest BCUT2D eigenvalue weighted by molar-refractivity contribution is 5.77. The second-order valence-electron chi connectivity index (χ2n) is 17.2. The van der Waals surface area contributed by atoms with Gasteiger partial charge in [-0.05, 0) is 96.3 Å². The third kappa shape index (κ3) is 43.7. The van der Waals surface area contributed by atoms with E-state index in [1.807, 2.05) is 0 Å². The average molecular weight is 852 g/mol. The quantitative estimate of drug-likeness (QED) is 0.0322. The molecule has 1 amide bonds. The number of ether oxygens (including phenoxy) is 1. The van der Waals surface area contributed by atoms with Gasteiger partial charge in [-0.15, -0.1) is 0 Å². The van der Waals surface area contributed by atoms with Crippen molar-refractivity contribution >= 4 is 11.9 Å². The van der Waals surface area contributed by atoms with Gasteiger partial charge in [0.1, 0.15) is 6.10 Å². The van der Waals surface area contributed by atoms with Crippen LogP contribution in [0.25, 0.3) is 0 Å². The van der Waals surface area contributed by atoms with Gasteiger partial charge in [-0.3, -0.25) is 9.59 Å². The summed E-state index contributed by atoms with van der Waals surface area (Å²) >= 11 is 0. The molecule has 0 aromatic heterocycles. The minimum Gasteiger partial charge on any atom is -0.462 e. The van der Waals surface area contributed by atoms with Gasteiger partial charge in [0.15, 0.2) is 0 Å². The number of aliphatic hydroxyl groups is 2. The number of rotatable bonds is 45. The van der Waals surface area contributed by atoms with Gasteiger partial charge >= 0.3 is 5.97 Å². The molecule has 0 heterocycles. The van der Waals surface area contributed by atoms with Crippen molar-refractivity contribution in [1.82, 2.24) is 5.32 Å². The molecule has 6 nitrogen and oxygen atoms in total. The Morgan fingerprint density at radius 1 is 0.492 bits per heavy atom. The number of carbonyl (C=O) groups excluding carboxylic acids is 2. The van der Waals surface area contributed by atoms with E-state index in [2.05, 4.69) is 99.0 Å². The van der Waals surface area contributed by atoms with Crippen LogP contribution >= 0.6 is 0 Å². The Kier molecular flexibility index (Phi) is 46.2. The van der Waals surface area contributed by atoms with Crippen LogP contribution in [0.3, 0.4) is 0 Å². The van der Waals surface area contributed by atoms with Crippen LogP contribution in [0.1, 0.15) is 239 Å². The summed E-state index contributed by atoms with van der Waals surface area (Å²) in [6, 6.07) is -0.715. The topological polar surface area (TPSA) is 95.9 Å².